The van der Waals surface area contributed by atoms with Crippen LogP contribution in [0.5, 0.6) is 0 Å². The Labute approximate surface area is 113 Å². The van der Waals surface area contributed by atoms with Crippen molar-refractivity contribution in [3.05, 3.63) is 27.4 Å². The number of rotatable bonds is 5. The highest BCUT2D eigenvalue weighted by Gasteiger charge is 2.15. The van der Waals surface area contributed by atoms with Crippen molar-refractivity contribution in [1.29, 1.82) is 0 Å². The Kier molecular flexibility index (Phi) is 4.27. The van der Waals surface area contributed by atoms with Gasteiger partial charge in [0.15, 0.2) is 0 Å². The van der Waals surface area contributed by atoms with Crippen LogP contribution in [0.15, 0.2) is 16.8 Å². The van der Waals surface area contributed by atoms with E-state index in [1.54, 1.807) is 18.4 Å². The van der Waals surface area contributed by atoms with Gasteiger partial charge in [0.25, 0.3) is 5.91 Å². The standard InChI is InChI=1S/C11H14N4OS2/c1-7(5-8-3-4-17-6-8)13-9(16)10-14-15-11(12-2)18-10/h3-4,6-7H,5H2,1-2H3,(H,12,15)(H,13,16). The molecule has 0 fully saturated rings. The number of hydrogen-bond acceptors (Lipinski definition) is 6. The van der Waals surface area contributed by atoms with Crippen LogP contribution in [-0.2, 0) is 6.42 Å². The fraction of sp³-hybridized carbons (Fsp3) is 0.364. The molecule has 0 aromatic carbocycles. The van der Waals surface area contributed by atoms with Crippen LogP contribution >= 0.6 is 22.7 Å². The summed E-state index contributed by atoms with van der Waals surface area (Å²) in [7, 11) is 1.75. The van der Waals surface area contributed by atoms with Gasteiger partial charge in [-0.25, -0.2) is 0 Å². The summed E-state index contributed by atoms with van der Waals surface area (Å²) in [5.74, 6) is -0.170. The number of thiophene rings is 1. The van der Waals surface area contributed by atoms with E-state index in [1.807, 2.05) is 12.3 Å². The third kappa shape index (κ3) is 3.27. The smallest absolute Gasteiger partial charge is 0.282 e. The SMILES string of the molecule is CNc1nnc(C(=O)NC(C)Cc2ccsc2)s1. The van der Waals surface area contributed by atoms with Gasteiger partial charge < -0.3 is 10.6 Å². The highest BCUT2D eigenvalue weighted by atomic mass is 32.1. The number of amides is 1. The van der Waals surface area contributed by atoms with E-state index in [-0.39, 0.29) is 11.9 Å². The zero-order chi connectivity index (χ0) is 13.0. The summed E-state index contributed by atoms with van der Waals surface area (Å²) in [5, 5.41) is 18.6. The molecule has 7 heteroatoms. The molecule has 1 unspecified atom stereocenters. The first-order chi connectivity index (χ1) is 8.69. The molecule has 0 aliphatic carbocycles. The normalized spacial score (nSPS) is 12.1. The minimum atomic E-state index is -0.170. The zero-order valence-electron chi connectivity index (χ0n) is 10.1. The highest BCUT2D eigenvalue weighted by molar-refractivity contribution is 7.17. The predicted molar refractivity (Wildman–Crippen MR) is 74.4 cm³/mol. The molecule has 0 saturated heterocycles. The van der Waals surface area contributed by atoms with Crippen molar-refractivity contribution in [3.8, 4) is 0 Å². The minimum absolute atomic E-state index is 0.0778. The van der Waals surface area contributed by atoms with Gasteiger partial charge in [-0.3, -0.25) is 4.79 Å². The van der Waals surface area contributed by atoms with Crippen molar-refractivity contribution in [2.75, 3.05) is 12.4 Å². The Bertz CT molecular complexity index is 509. The molecule has 2 aromatic rings. The van der Waals surface area contributed by atoms with Crippen LogP contribution in [0.4, 0.5) is 5.13 Å². The van der Waals surface area contributed by atoms with E-state index in [4.69, 9.17) is 0 Å². The largest absolute Gasteiger partial charge is 0.363 e. The van der Waals surface area contributed by atoms with Crippen molar-refractivity contribution in [2.24, 2.45) is 0 Å². The van der Waals surface area contributed by atoms with Gasteiger partial charge in [0.1, 0.15) is 0 Å². The average Bonchev–Trinajstić information content (AvgIpc) is 2.98. The number of carbonyl (C=O) groups is 1. The Morgan fingerprint density at radius 2 is 2.33 bits per heavy atom. The first-order valence-electron chi connectivity index (χ1n) is 5.52. The fourth-order valence-corrected chi connectivity index (χ4v) is 2.80. The summed E-state index contributed by atoms with van der Waals surface area (Å²) in [5.41, 5.74) is 1.24. The van der Waals surface area contributed by atoms with Crippen molar-refractivity contribution >= 4 is 33.7 Å². The molecule has 2 aromatic heterocycles. The highest BCUT2D eigenvalue weighted by Crippen LogP contribution is 2.14. The van der Waals surface area contributed by atoms with E-state index < -0.39 is 0 Å². The van der Waals surface area contributed by atoms with Gasteiger partial charge in [0, 0.05) is 13.1 Å². The first kappa shape index (κ1) is 13.0. The second-order valence-corrected chi connectivity index (χ2v) is 5.63. The third-order valence-electron chi connectivity index (χ3n) is 2.33. The maximum atomic E-state index is 11.9. The van der Waals surface area contributed by atoms with E-state index in [0.717, 1.165) is 6.42 Å². The molecule has 1 amide bonds. The lowest BCUT2D eigenvalue weighted by Crippen LogP contribution is -2.33. The van der Waals surface area contributed by atoms with E-state index in [2.05, 4.69) is 32.3 Å². The van der Waals surface area contributed by atoms with Crippen LogP contribution in [0.25, 0.3) is 0 Å². The molecule has 2 N–H and O–H groups in total. The molecule has 2 rings (SSSR count). The monoisotopic (exact) mass is 282 g/mol. The number of nitrogens with one attached hydrogen (secondary N) is 2. The van der Waals surface area contributed by atoms with Crippen molar-refractivity contribution in [3.63, 3.8) is 0 Å². The zero-order valence-corrected chi connectivity index (χ0v) is 11.8. The lowest BCUT2D eigenvalue weighted by atomic mass is 10.1. The molecule has 18 heavy (non-hydrogen) atoms. The van der Waals surface area contributed by atoms with Crippen LogP contribution in [-0.4, -0.2) is 29.2 Å². The van der Waals surface area contributed by atoms with Gasteiger partial charge in [-0.05, 0) is 35.7 Å². The Morgan fingerprint density at radius 3 is 2.94 bits per heavy atom. The second kappa shape index (κ2) is 5.92. The van der Waals surface area contributed by atoms with Crippen molar-refractivity contribution in [1.82, 2.24) is 15.5 Å². The number of carbonyl (C=O) groups excluding carboxylic acids is 1. The maximum Gasteiger partial charge on any atom is 0.282 e. The summed E-state index contributed by atoms with van der Waals surface area (Å²) in [6, 6.07) is 2.14. The number of hydrogen-bond donors (Lipinski definition) is 2. The molecule has 0 aliphatic rings. The summed E-state index contributed by atoms with van der Waals surface area (Å²) < 4.78 is 0. The van der Waals surface area contributed by atoms with Gasteiger partial charge in [0.05, 0.1) is 0 Å². The molecule has 0 bridgehead atoms. The van der Waals surface area contributed by atoms with E-state index in [9.17, 15) is 4.79 Å². The number of aromatic nitrogens is 2. The van der Waals surface area contributed by atoms with Gasteiger partial charge in [0.2, 0.25) is 10.1 Å². The Balaban J connectivity index is 1.90. The molecule has 0 radical (unpaired) electrons. The van der Waals surface area contributed by atoms with Gasteiger partial charge >= 0.3 is 0 Å². The quantitative estimate of drug-likeness (QED) is 0.880. The van der Waals surface area contributed by atoms with Gasteiger partial charge in [-0.1, -0.05) is 11.3 Å². The Morgan fingerprint density at radius 1 is 1.50 bits per heavy atom. The average molecular weight is 282 g/mol. The van der Waals surface area contributed by atoms with Crippen LogP contribution in [0.2, 0.25) is 0 Å². The van der Waals surface area contributed by atoms with Crippen LogP contribution in [0.3, 0.4) is 0 Å². The molecule has 2 heterocycles. The van der Waals surface area contributed by atoms with Gasteiger partial charge in [-0.15, -0.1) is 10.2 Å². The topological polar surface area (TPSA) is 66.9 Å². The summed E-state index contributed by atoms with van der Waals surface area (Å²) in [6.07, 6.45) is 0.826. The van der Waals surface area contributed by atoms with E-state index >= 15 is 0 Å². The van der Waals surface area contributed by atoms with Crippen molar-refractivity contribution < 1.29 is 4.79 Å². The maximum absolute atomic E-state index is 11.9. The molecule has 1 atom stereocenters. The molecule has 0 aliphatic heterocycles. The van der Waals surface area contributed by atoms with Crippen molar-refractivity contribution in [2.45, 2.75) is 19.4 Å². The number of nitrogens with zero attached hydrogens (tertiary/aromatic N) is 2. The summed E-state index contributed by atoms with van der Waals surface area (Å²) >= 11 is 2.91. The molecule has 0 spiro atoms. The lowest BCUT2D eigenvalue weighted by Gasteiger charge is -2.11. The molecule has 5 nitrogen and oxygen atoms in total. The predicted octanol–water partition coefficient (Wildman–Crippen LogP) is 2.00. The molecule has 96 valence electrons. The lowest BCUT2D eigenvalue weighted by molar-refractivity contribution is 0.0939. The fourth-order valence-electron chi connectivity index (χ4n) is 1.51. The van der Waals surface area contributed by atoms with Crippen LogP contribution in [0, 0.1) is 0 Å². The third-order valence-corrected chi connectivity index (χ3v) is 4.00. The molecular weight excluding hydrogens is 268 g/mol. The number of anilines is 1. The second-order valence-electron chi connectivity index (χ2n) is 3.87. The van der Waals surface area contributed by atoms with Gasteiger partial charge in [-0.2, -0.15) is 11.3 Å². The summed E-state index contributed by atoms with van der Waals surface area (Å²) in [4.78, 5) is 11.9. The van der Waals surface area contributed by atoms with E-state index in [1.165, 1.54) is 16.9 Å². The van der Waals surface area contributed by atoms with E-state index in [0.29, 0.717) is 10.1 Å². The van der Waals surface area contributed by atoms with Crippen LogP contribution < -0.4 is 10.6 Å². The Hall–Kier alpha value is -1.47. The summed E-state index contributed by atoms with van der Waals surface area (Å²) in [6.45, 7) is 1.98. The molecular formula is C11H14N4OS2. The minimum Gasteiger partial charge on any atom is -0.363 e. The molecule has 0 saturated carbocycles. The van der Waals surface area contributed by atoms with Crippen LogP contribution in [0.1, 0.15) is 22.3 Å². The first-order valence-corrected chi connectivity index (χ1v) is 7.28.